The van der Waals surface area contributed by atoms with Crippen molar-refractivity contribution in [1.29, 1.82) is 5.26 Å². The lowest BCUT2D eigenvalue weighted by molar-refractivity contribution is -0.386. The Labute approximate surface area is 116 Å². The molecule has 1 saturated heterocycles. The number of rotatable bonds is 3. The van der Waals surface area contributed by atoms with Gasteiger partial charge in [0.25, 0.3) is 0 Å². The van der Waals surface area contributed by atoms with Gasteiger partial charge in [0.15, 0.2) is 5.75 Å². The van der Waals surface area contributed by atoms with Crippen LogP contribution in [0.15, 0.2) is 12.1 Å². The Hall–Kier alpha value is -2.17. The Balaban J connectivity index is 2.41. The fourth-order valence-corrected chi connectivity index (χ4v) is 2.43. The minimum Gasteiger partial charge on any atom is -0.502 e. The number of phenols is 1. The molecule has 0 spiro atoms. The molecule has 1 aliphatic heterocycles. The van der Waals surface area contributed by atoms with Crippen LogP contribution in [0.1, 0.15) is 24.1 Å². The first-order chi connectivity index (χ1) is 9.54. The first-order valence-electron chi connectivity index (χ1n) is 6.40. The standard InChI is InChI=1S/C13H16N4O3/c1-9(16-4-2-15-3-5-16)11-6-10(8-14)7-12(13(11)18)17(19)20/h6-7,9,15,18H,2-5H2,1H3/t9-/m1/s1. The van der Waals surface area contributed by atoms with Gasteiger partial charge >= 0.3 is 5.69 Å². The van der Waals surface area contributed by atoms with E-state index in [1.54, 1.807) is 0 Å². The number of nitro benzene ring substituents is 1. The van der Waals surface area contributed by atoms with E-state index >= 15 is 0 Å². The van der Waals surface area contributed by atoms with Crippen molar-refractivity contribution in [1.82, 2.24) is 10.2 Å². The maximum absolute atomic E-state index is 11.0. The molecule has 0 aromatic heterocycles. The topological polar surface area (TPSA) is 102 Å². The van der Waals surface area contributed by atoms with E-state index in [9.17, 15) is 15.2 Å². The second-order valence-corrected chi connectivity index (χ2v) is 4.76. The van der Waals surface area contributed by atoms with Crippen molar-refractivity contribution in [3.8, 4) is 11.8 Å². The summed E-state index contributed by atoms with van der Waals surface area (Å²) in [5, 5.41) is 33.2. The predicted molar refractivity (Wildman–Crippen MR) is 72.3 cm³/mol. The maximum atomic E-state index is 11.0. The van der Waals surface area contributed by atoms with Crippen LogP contribution < -0.4 is 5.32 Å². The zero-order valence-electron chi connectivity index (χ0n) is 11.2. The molecule has 1 aromatic rings. The van der Waals surface area contributed by atoms with Gasteiger partial charge in [-0.15, -0.1) is 0 Å². The van der Waals surface area contributed by atoms with Crippen LogP contribution in [0.5, 0.6) is 5.75 Å². The number of nitro groups is 1. The van der Waals surface area contributed by atoms with Gasteiger partial charge in [-0.05, 0) is 13.0 Å². The Morgan fingerprint density at radius 1 is 1.50 bits per heavy atom. The highest BCUT2D eigenvalue weighted by molar-refractivity contribution is 5.56. The van der Waals surface area contributed by atoms with E-state index in [2.05, 4.69) is 10.2 Å². The molecular weight excluding hydrogens is 260 g/mol. The molecular formula is C13H16N4O3. The summed E-state index contributed by atoms with van der Waals surface area (Å²) in [5.41, 5.74) is 0.199. The molecule has 0 amide bonds. The average Bonchev–Trinajstić information content (AvgIpc) is 2.47. The Morgan fingerprint density at radius 2 is 2.15 bits per heavy atom. The van der Waals surface area contributed by atoms with Gasteiger partial charge in [-0.3, -0.25) is 15.0 Å². The van der Waals surface area contributed by atoms with Crippen LogP contribution in [0.25, 0.3) is 0 Å². The third-order valence-corrected chi connectivity index (χ3v) is 3.59. The first kappa shape index (κ1) is 14.2. The largest absolute Gasteiger partial charge is 0.502 e. The Bertz CT molecular complexity index is 561. The molecule has 1 heterocycles. The fraction of sp³-hybridized carbons (Fsp3) is 0.462. The molecule has 0 bridgehead atoms. The fourth-order valence-electron chi connectivity index (χ4n) is 2.43. The van der Waals surface area contributed by atoms with Gasteiger partial charge in [0.1, 0.15) is 0 Å². The van der Waals surface area contributed by atoms with Gasteiger partial charge in [-0.2, -0.15) is 5.26 Å². The summed E-state index contributed by atoms with van der Waals surface area (Å²) in [6.45, 7) is 5.15. The van der Waals surface area contributed by atoms with Crippen LogP contribution in [0, 0.1) is 21.4 Å². The van der Waals surface area contributed by atoms with E-state index in [-0.39, 0.29) is 17.4 Å². The quantitative estimate of drug-likeness (QED) is 0.634. The number of aromatic hydroxyl groups is 1. The number of hydrogen-bond donors (Lipinski definition) is 2. The molecule has 1 atom stereocenters. The summed E-state index contributed by atoms with van der Waals surface area (Å²) >= 11 is 0. The normalized spacial score (nSPS) is 17.4. The van der Waals surface area contributed by atoms with Gasteiger partial charge in [-0.1, -0.05) is 0 Å². The van der Waals surface area contributed by atoms with Crippen molar-refractivity contribution in [3.63, 3.8) is 0 Å². The van der Waals surface area contributed by atoms with Crippen molar-refractivity contribution in [2.45, 2.75) is 13.0 Å². The van der Waals surface area contributed by atoms with Crippen molar-refractivity contribution < 1.29 is 10.0 Å². The average molecular weight is 276 g/mol. The van der Waals surface area contributed by atoms with Gasteiger partial charge in [-0.25, -0.2) is 0 Å². The number of hydrogen-bond acceptors (Lipinski definition) is 6. The highest BCUT2D eigenvalue weighted by atomic mass is 16.6. The summed E-state index contributed by atoms with van der Waals surface area (Å²) in [5.74, 6) is -0.347. The van der Waals surface area contributed by atoms with Crippen molar-refractivity contribution in [2.24, 2.45) is 0 Å². The predicted octanol–water partition coefficient (Wildman–Crippen LogP) is 1.14. The van der Waals surface area contributed by atoms with E-state index in [0.29, 0.717) is 5.56 Å². The molecule has 1 aliphatic rings. The lowest BCUT2D eigenvalue weighted by atomic mass is 10.0. The number of nitrogens with zero attached hydrogens (tertiary/aromatic N) is 3. The van der Waals surface area contributed by atoms with Crippen molar-refractivity contribution in [2.75, 3.05) is 26.2 Å². The minimum atomic E-state index is -0.663. The molecule has 0 saturated carbocycles. The van der Waals surface area contributed by atoms with Crippen LogP contribution >= 0.6 is 0 Å². The van der Waals surface area contributed by atoms with Crippen LogP contribution in [-0.2, 0) is 0 Å². The summed E-state index contributed by atoms with van der Waals surface area (Å²) in [6.07, 6.45) is 0. The third kappa shape index (κ3) is 2.71. The molecule has 106 valence electrons. The molecule has 2 N–H and O–H groups in total. The zero-order valence-corrected chi connectivity index (χ0v) is 11.2. The summed E-state index contributed by atoms with van der Waals surface area (Å²) < 4.78 is 0. The van der Waals surface area contributed by atoms with Gasteiger partial charge in [0.05, 0.1) is 16.6 Å². The summed E-state index contributed by atoms with van der Waals surface area (Å²) in [6, 6.07) is 4.35. The lowest BCUT2D eigenvalue weighted by Gasteiger charge is -2.33. The van der Waals surface area contributed by atoms with Crippen LogP contribution in [0.4, 0.5) is 5.69 Å². The highest BCUT2D eigenvalue weighted by Gasteiger charge is 2.26. The first-order valence-corrected chi connectivity index (χ1v) is 6.40. The van der Waals surface area contributed by atoms with Crippen LogP contribution in [-0.4, -0.2) is 41.1 Å². The highest BCUT2D eigenvalue weighted by Crippen LogP contribution is 2.37. The summed E-state index contributed by atoms with van der Waals surface area (Å²) in [7, 11) is 0. The van der Waals surface area contributed by atoms with E-state index in [1.165, 1.54) is 6.07 Å². The third-order valence-electron chi connectivity index (χ3n) is 3.59. The number of benzene rings is 1. The number of nitrogens with one attached hydrogen (secondary N) is 1. The van der Waals surface area contributed by atoms with Crippen LogP contribution in [0.3, 0.4) is 0 Å². The van der Waals surface area contributed by atoms with E-state index in [0.717, 1.165) is 32.2 Å². The smallest absolute Gasteiger partial charge is 0.312 e. The number of phenolic OH excluding ortho intramolecular Hbond substituents is 1. The van der Waals surface area contributed by atoms with Crippen molar-refractivity contribution in [3.05, 3.63) is 33.4 Å². The second-order valence-electron chi connectivity index (χ2n) is 4.76. The zero-order chi connectivity index (χ0) is 14.7. The van der Waals surface area contributed by atoms with E-state index < -0.39 is 10.6 Å². The molecule has 20 heavy (non-hydrogen) atoms. The molecule has 7 heteroatoms. The van der Waals surface area contributed by atoms with E-state index in [1.807, 2.05) is 13.0 Å². The monoisotopic (exact) mass is 276 g/mol. The van der Waals surface area contributed by atoms with Crippen molar-refractivity contribution >= 4 is 5.69 Å². The number of piperazine rings is 1. The lowest BCUT2D eigenvalue weighted by Crippen LogP contribution is -2.44. The molecule has 0 unspecified atom stereocenters. The molecule has 1 aromatic carbocycles. The number of nitriles is 1. The Kier molecular flexibility index (Phi) is 4.17. The Morgan fingerprint density at radius 3 is 2.70 bits per heavy atom. The molecule has 7 nitrogen and oxygen atoms in total. The second kappa shape index (κ2) is 5.86. The molecule has 0 radical (unpaired) electrons. The minimum absolute atomic E-state index is 0.177. The molecule has 0 aliphatic carbocycles. The van der Waals surface area contributed by atoms with Gasteiger partial charge in [0.2, 0.25) is 0 Å². The van der Waals surface area contributed by atoms with Gasteiger partial charge in [0, 0.05) is 43.9 Å². The van der Waals surface area contributed by atoms with Gasteiger partial charge < -0.3 is 10.4 Å². The molecule has 1 fully saturated rings. The summed E-state index contributed by atoms with van der Waals surface area (Å²) in [4.78, 5) is 12.4. The SMILES string of the molecule is C[C@H](c1cc(C#N)cc([N+](=O)[O-])c1O)N1CCNCC1. The van der Waals surface area contributed by atoms with Crippen LogP contribution in [0.2, 0.25) is 0 Å². The van der Waals surface area contributed by atoms with E-state index in [4.69, 9.17) is 5.26 Å². The maximum Gasteiger partial charge on any atom is 0.312 e. The molecule has 2 rings (SSSR count).